The zero-order valence-electron chi connectivity index (χ0n) is 9.30. The lowest BCUT2D eigenvalue weighted by Gasteiger charge is -1.96. The molecule has 3 N–H and O–H groups in total. The first kappa shape index (κ1) is 11.6. The smallest absolute Gasteiger partial charge is 0.109 e. The van der Waals surface area contributed by atoms with Crippen LogP contribution >= 0.6 is 0 Å². The van der Waals surface area contributed by atoms with Gasteiger partial charge < -0.3 is 15.4 Å². The average molecular weight is 206 g/mol. The van der Waals surface area contributed by atoms with Gasteiger partial charge in [-0.2, -0.15) is 0 Å². The van der Waals surface area contributed by atoms with E-state index in [1.165, 1.54) is 5.56 Å². The third-order valence-electron chi connectivity index (χ3n) is 2.28. The van der Waals surface area contributed by atoms with Crippen LogP contribution in [-0.2, 0) is 6.42 Å². The molecule has 82 valence electrons. The maximum absolute atomic E-state index is 9.20. The summed E-state index contributed by atoms with van der Waals surface area (Å²) in [7, 11) is 1.92. The van der Waals surface area contributed by atoms with Crippen molar-refractivity contribution in [3.63, 3.8) is 0 Å². The molecular weight excluding hydrogens is 188 g/mol. The lowest BCUT2D eigenvalue weighted by molar-refractivity contribution is 0.444. The van der Waals surface area contributed by atoms with Gasteiger partial charge in [-0.25, -0.2) is 0 Å². The quantitative estimate of drug-likeness (QED) is 0.626. The van der Waals surface area contributed by atoms with E-state index in [9.17, 15) is 5.11 Å². The topological polar surface area (TPSA) is 48.0 Å². The van der Waals surface area contributed by atoms with Gasteiger partial charge >= 0.3 is 0 Å². The maximum atomic E-state index is 9.20. The number of aromatic amines is 1. The Morgan fingerprint density at radius 1 is 1.67 bits per heavy atom. The summed E-state index contributed by atoms with van der Waals surface area (Å²) in [5, 5.41) is 14.4. The fourth-order valence-electron chi connectivity index (χ4n) is 1.54. The third-order valence-corrected chi connectivity index (χ3v) is 2.28. The zero-order valence-corrected chi connectivity index (χ0v) is 9.30. The molecular formula is C12H18N2O. The van der Waals surface area contributed by atoms with E-state index >= 15 is 0 Å². The first-order valence-corrected chi connectivity index (χ1v) is 5.05. The van der Waals surface area contributed by atoms with Gasteiger partial charge in [0.1, 0.15) is 5.76 Å². The molecule has 1 heterocycles. The van der Waals surface area contributed by atoms with Crippen LogP contribution in [0.2, 0.25) is 0 Å². The first-order chi connectivity index (χ1) is 7.19. The van der Waals surface area contributed by atoms with E-state index in [-0.39, 0.29) is 5.76 Å². The molecule has 3 nitrogen and oxygen atoms in total. The molecule has 0 spiro atoms. The van der Waals surface area contributed by atoms with Crippen molar-refractivity contribution in [3.05, 3.63) is 34.7 Å². The van der Waals surface area contributed by atoms with Gasteiger partial charge in [0.05, 0.1) is 0 Å². The van der Waals surface area contributed by atoms with E-state index in [1.54, 1.807) is 6.08 Å². The molecule has 0 unspecified atom stereocenters. The van der Waals surface area contributed by atoms with Gasteiger partial charge in [-0.15, -0.1) is 0 Å². The predicted octanol–water partition coefficient (Wildman–Crippen LogP) is 0.429. The first-order valence-electron chi connectivity index (χ1n) is 5.05. The van der Waals surface area contributed by atoms with Crippen molar-refractivity contribution in [2.45, 2.75) is 13.3 Å². The molecule has 0 aliphatic heterocycles. The number of hydrogen-bond donors (Lipinski definition) is 3. The van der Waals surface area contributed by atoms with Gasteiger partial charge in [-0.1, -0.05) is 12.7 Å². The molecule has 0 aliphatic carbocycles. The second kappa shape index (κ2) is 5.41. The van der Waals surface area contributed by atoms with Crippen LogP contribution in [0.1, 0.15) is 12.5 Å². The van der Waals surface area contributed by atoms with Crippen LogP contribution in [0.3, 0.4) is 0 Å². The number of rotatable bonds is 4. The van der Waals surface area contributed by atoms with Crippen LogP contribution in [0.25, 0.3) is 12.2 Å². The molecule has 1 rings (SSSR count). The van der Waals surface area contributed by atoms with E-state index in [0.717, 1.165) is 23.5 Å². The molecule has 3 heteroatoms. The highest BCUT2D eigenvalue weighted by atomic mass is 16.3. The van der Waals surface area contributed by atoms with Crippen molar-refractivity contribution in [1.29, 1.82) is 0 Å². The van der Waals surface area contributed by atoms with E-state index in [2.05, 4.69) is 16.9 Å². The molecule has 15 heavy (non-hydrogen) atoms. The van der Waals surface area contributed by atoms with Crippen LogP contribution in [0.15, 0.2) is 18.5 Å². The Morgan fingerprint density at radius 2 is 2.40 bits per heavy atom. The van der Waals surface area contributed by atoms with E-state index < -0.39 is 0 Å². The predicted molar refractivity (Wildman–Crippen MR) is 64.0 cm³/mol. The summed E-state index contributed by atoms with van der Waals surface area (Å²) in [5.41, 5.74) is 1.19. The van der Waals surface area contributed by atoms with Crippen LogP contribution < -0.4 is 15.9 Å². The molecule has 1 aromatic rings. The highest BCUT2D eigenvalue weighted by molar-refractivity contribution is 5.43. The lowest BCUT2D eigenvalue weighted by Crippen LogP contribution is -2.26. The monoisotopic (exact) mass is 206 g/mol. The number of hydrogen-bond acceptors (Lipinski definition) is 2. The average Bonchev–Trinajstić information content (AvgIpc) is 2.57. The Kier molecular flexibility index (Phi) is 4.18. The Balaban J connectivity index is 3.18. The molecule has 0 saturated carbocycles. The Bertz CT molecular complexity index is 443. The maximum Gasteiger partial charge on any atom is 0.109 e. The fourth-order valence-corrected chi connectivity index (χ4v) is 1.54. The fraction of sp³-hybridized carbons (Fsp3) is 0.333. The van der Waals surface area contributed by atoms with Crippen molar-refractivity contribution >= 4 is 12.2 Å². The molecule has 0 aromatic carbocycles. The minimum atomic E-state index is 0.0865. The van der Waals surface area contributed by atoms with Crippen LogP contribution in [0, 0.1) is 0 Å². The van der Waals surface area contributed by atoms with Crippen molar-refractivity contribution in [2.24, 2.45) is 0 Å². The Morgan fingerprint density at radius 3 is 2.93 bits per heavy atom. The summed E-state index contributed by atoms with van der Waals surface area (Å²) in [6.07, 6.45) is 6.58. The minimum absolute atomic E-state index is 0.0865. The number of aromatic nitrogens is 1. The summed E-state index contributed by atoms with van der Waals surface area (Å²) in [6.45, 7) is 6.36. The molecule has 1 aromatic heterocycles. The lowest BCUT2D eigenvalue weighted by atomic mass is 10.2. The van der Waals surface area contributed by atoms with Crippen molar-refractivity contribution < 1.29 is 5.11 Å². The third kappa shape index (κ3) is 2.99. The van der Waals surface area contributed by atoms with Crippen molar-refractivity contribution in [2.75, 3.05) is 13.6 Å². The van der Waals surface area contributed by atoms with Gasteiger partial charge in [-0.3, -0.25) is 0 Å². The highest BCUT2D eigenvalue weighted by Crippen LogP contribution is 1.90. The Labute approximate surface area is 89.8 Å². The van der Waals surface area contributed by atoms with Gasteiger partial charge in [0.25, 0.3) is 0 Å². The number of likely N-dealkylation sites (N-methyl/N-ethyl adjacent to an activating group) is 1. The van der Waals surface area contributed by atoms with Crippen molar-refractivity contribution in [3.8, 4) is 0 Å². The van der Waals surface area contributed by atoms with E-state index in [0.29, 0.717) is 0 Å². The molecule has 0 atom stereocenters. The van der Waals surface area contributed by atoms with Crippen LogP contribution in [0.5, 0.6) is 0 Å². The molecule has 0 amide bonds. The molecule has 0 bridgehead atoms. The Hall–Kier alpha value is -1.48. The molecule has 0 radical (unpaired) electrons. The summed E-state index contributed by atoms with van der Waals surface area (Å²) in [4.78, 5) is 3.17. The summed E-state index contributed by atoms with van der Waals surface area (Å²) in [5.74, 6) is 0.0865. The van der Waals surface area contributed by atoms with Gasteiger partial charge in [0.15, 0.2) is 0 Å². The SMILES string of the molecule is C=C(O)/C=c1/c(CCNC)c[nH]/c1=C/C. The molecule has 0 saturated heterocycles. The number of H-pyrrole nitrogens is 1. The number of nitrogens with one attached hydrogen (secondary N) is 2. The summed E-state index contributed by atoms with van der Waals surface area (Å²) < 4.78 is 0. The van der Waals surface area contributed by atoms with Crippen LogP contribution in [0.4, 0.5) is 0 Å². The summed E-state index contributed by atoms with van der Waals surface area (Å²) >= 11 is 0. The molecule has 0 fully saturated rings. The largest absolute Gasteiger partial charge is 0.509 e. The van der Waals surface area contributed by atoms with Gasteiger partial charge in [0, 0.05) is 16.8 Å². The number of aliphatic hydroxyl groups is 1. The van der Waals surface area contributed by atoms with Crippen LogP contribution in [-0.4, -0.2) is 23.7 Å². The second-order valence-corrected chi connectivity index (χ2v) is 3.42. The van der Waals surface area contributed by atoms with Gasteiger partial charge in [-0.05, 0) is 38.6 Å². The second-order valence-electron chi connectivity index (χ2n) is 3.42. The van der Waals surface area contributed by atoms with Gasteiger partial charge in [0.2, 0.25) is 0 Å². The minimum Gasteiger partial charge on any atom is -0.509 e. The normalized spacial score (nSPS) is 13.5. The van der Waals surface area contributed by atoms with E-state index in [4.69, 9.17) is 0 Å². The number of aliphatic hydroxyl groups excluding tert-OH is 1. The van der Waals surface area contributed by atoms with Crippen molar-refractivity contribution in [1.82, 2.24) is 10.3 Å². The highest BCUT2D eigenvalue weighted by Gasteiger charge is 1.98. The zero-order chi connectivity index (χ0) is 11.3. The van der Waals surface area contributed by atoms with E-state index in [1.807, 2.05) is 26.2 Å². The standard InChI is InChI=1S/C12H18N2O/c1-4-12-11(7-9(2)15)10(8-14-12)5-6-13-3/h4,7-8,13-15H,2,5-6H2,1,3H3/b11-7-,12-4+. The number of allylic oxidation sites excluding steroid dienone is 1. The summed E-state index contributed by atoms with van der Waals surface area (Å²) in [6, 6.07) is 0. The molecule has 0 aliphatic rings.